The lowest BCUT2D eigenvalue weighted by Gasteiger charge is -2.19. The van der Waals surface area contributed by atoms with E-state index in [4.69, 9.17) is 16.7 Å². The summed E-state index contributed by atoms with van der Waals surface area (Å²) in [6.07, 6.45) is 2.68. The molecular weight excluding hydrogens is 416 g/mol. The Morgan fingerprint density at radius 1 is 1.17 bits per heavy atom. The van der Waals surface area contributed by atoms with E-state index in [0.29, 0.717) is 29.6 Å². The molecule has 0 radical (unpaired) electrons. The van der Waals surface area contributed by atoms with Crippen molar-refractivity contribution in [2.75, 3.05) is 11.9 Å². The van der Waals surface area contributed by atoms with Gasteiger partial charge in [-0.2, -0.15) is 9.97 Å². The molecule has 0 aliphatic rings. The van der Waals surface area contributed by atoms with E-state index in [9.17, 15) is 13.5 Å². The number of hydrogen-bond donors (Lipinski definition) is 3. The monoisotopic (exact) mass is 442 g/mol. The van der Waals surface area contributed by atoms with Crippen molar-refractivity contribution in [1.29, 1.82) is 0 Å². The Bertz CT molecular complexity index is 908. The van der Waals surface area contributed by atoms with Crippen LogP contribution in [0.15, 0.2) is 18.3 Å². The molecule has 2 heterocycles. The second kappa shape index (κ2) is 10.2. The van der Waals surface area contributed by atoms with Crippen LogP contribution in [-0.2, 0) is 22.2 Å². The van der Waals surface area contributed by atoms with Crippen LogP contribution in [0.2, 0.25) is 5.02 Å². The minimum Gasteiger partial charge on any atom is -0.394 e. The van der Waals surface area contributed by atoms with E-state index < -0.39 is 15.8 Å². The van der Waals surface area contributed by atoms with Gasteiger partial charge in [-0.3, -0.25) is 4.98 Å². The second-order valence-electron chi connectivity index (χ2n) is 7.46. The number of nitrogens with two attached hydrogens (primary N) is 1. The highest BCUT2D eigenvalue weighted by Gasteiger charge is 2.18. The number of nitrogens with one attached hydrogen (secondary N) is 1. The summed E-state index contributed by atoms with van der Waals surface area (Å²) in [6.45, 7) is 5.93. The number of hydrogen-bond acceptors (Lipinski definition) is 8. The minimum absolute atomic E-state index is 0.0332. The lowest BCUT2D eigenvalue weighted by molar-refractivity contribution is 0.259. The maximum Gasteiger partial charge on any atom is 0.226 e. The van der Waals surface area contributed by atoms with Crippen LogP contribution >= 0.6 is 11.6 Å². The zero-order valence-corrected chi connectivity index (χ0v) is 18.3. The largest absolute Gasteiger partial charge is 0.394 e. The topological polar surface area (TPSA) is 144 Å². The Kier molecular flexibility index (Phi) is 8.26. The summed E-state index contributed by atoms with van der Waals surface area (Å²) < 4.78 is 23.0. The van der Waals surface area contributed by atoms with Gasteiger partial charge >= 0.3 is 0 Å². The summed E-state index contributed by atoms with van der Waals surface area (Å²) >= 11 is 5.88. The molecule has 0 unspecified atom stereocenters. The Morgan fingerprint density at radius 3 is 2.41 bits per heavy atom. The van der Waals surface area contributed by atoms with Crippen LogP contribution in [0.4, 0.5) is 5.95 Å². The van der Waals surface area contributed by atoms with Gasteiger partial charge in [-0.15, -0.1) is 0 Å². The van der Waals surface area contributed by atoms with Crippen molar-refractivity contribution in [2.24, 2.45) is 11.1 Å². The quantitative estimate of drug-likeness (QED) is 0.505. The fourth-order valence-electron chi connectivity index (χ4n) is 2.86. The number of pyridine rings is 1. The van der Waals surface area contributed by atoms with Gasteiger partial charge in [0.1, 0.15) is 11.6 Å². The van der Waals surface area contributed by atoms with Gasteiger partial charge in [-0.1, -0.05) is 32.4 Å². The summed E-state index contributed by atoms with van der Waals surface area (Å²) in [4.78, 5) is 17.1. The fourth-order valence-corrected chi connectivity index (χ4v) is 3.46. The van der Waals surface area contributed by atoms with Crippen molar-refractivity contribution >= 4 is 27.6 Å². The zero-order valence-electron chi connectivity index (χ0n) is 16.7. The van der Waals surface area contributed by atoms with Crippen molar-refractivity contribution in [3.05, 3.63) is 40.7 Å². The first kappa shape index (κ1) is 23.4. The Hall–Kier alpha value is -1.88. The molecule has 11 heteroatoms. The van der Waals surface area contributed by atoms with Crippen molar-refractivity contribution < 1.29 is 13.5 Å². The molecule has 0 aliphatic heterocycles. The number of sulfonamides is 1. The zero-order chi connectivity index (χ0) is 21.6. The van der Waals surface area contributed by atoms with Gasteiger partial charge in [-0.05, 0) is 24.5 Å². The molecular formula is C18H27ClN6O3S. The molecule has 2 rings (SSSR count). The first-order chi connectivity index (χ1) is 13.6. The number of nitrogens with zero attached hydrogens (tertiary/aromatic N) is 4. The molecule has 0 aromatic carbocycles. The molecule has 0 spiro atoms. The van der Waals surface area contributed by atoms with Gasteiger partial charge in [0, 0.05) is 24.2 Å². The number of primary sulfonamides is 1. The van der Waals surface area contributed by atoms with E-state index in [0.717, 1.165) is 5.69 Å². The molecule has 4 N–H and O–H groups in total. The Morgan fingerprint density at radius 2 is 1.86 bits per heavy atom. The highest BCUT2D eigenvalue weighted by molar-refractivity contribution is 7.88. The number of aliphatic hydroxyl groups excluding tert-OH is 1. The maximum absolute atomic E-state index is 11.5. The number of aromatic nitrogens is 4. The van der Waals surface area contributed by atoms with Crippen molar-refractivity contribution in [3.8, 4) is 0 Å². The Labute approximate surface area is 176 Å². The molecule has 0 amide bonds. The molecule has 2 aromatic rings. The van der Waals surface area contributed by atoms with Gasteiger partial charge in [0.2, 0.25) is 16.0 Å². The van der Waals surface area contributed by atoms with Crippen LogP contribution in [0.3, 0.4) is 0 Å². The van der Waals surface area contributed by atoms with E-state index in [-0.39, 0.29) is 30.3 Å². The predicted octanol–water partition coefficient (Wildman–Crippen LogP) is 1.87. The van der Waals surface area contributed by atoms with Crippen LogP contribution in [0, 0.1) is 5.92 Å². The summed E-state index contributed by atoms with van der Waals surface area (Å²) in [7, 11) is -3.81. The van der Waals surface area contributed by atoms with Crippen molar-refractivity contribution in [2.45, 2.75) is 51.3 Å². The van der Waals surface area contributed by atoms with Gasteiger partial charge in [-0.25, -0.2) is 18.5 Å². The number of rotatable bonds is 10. The van der Waals surface area contributed by atoms with Crippen molar-refractivity contribution in [1.82, 2.24) is 19.9 Å². The predicted molar refractivity (Wildman–Crippen MR) is 112 cm³/mol. The molecule has 2 aromatic heterocycles. The van der Waals surface area contributed by atoms with Crippen molar-refractivity contribution in [3.63, 3.8) is 0 Å². The summed E-state index contributed by atoms with van der Waals surface area (Å²) in [5.74, 6) is 0.488. The molecule has 2 atom stereocenters. The van der Waals surface area contributed by atoms with E-state index >= 15 is 0 Å². The third-order valence-corrected chi connectivity index (χ3v) is 5.00. The first-order valence-electron chi connectivity index (χ1n) is 9.29. The van der Waals surface area contributed by atoms with E-state index in [1.165, 1.54) is 0 Å². The molecule has 0 saturated carbocycles. The van der Waals surface area contributed by atoms with Crippen LogP contribution in [0.1, 0.15) is 50.5 Å². The lowest BCUT2D eigenvalue weighted by atomic mass is 10.0. The second-order valence-corrected chi connectivity index (χ2v) is 9.51. The minimum atomic E-state index is -3.81. The van der Waals surface area contributed by atoms with E-state index in [1.807, 2.05) is 26.8 Å². The summed E-state index contributed by atoms with van der Waals surface area (Å²) in [5, 5.41) is 18.4. The molecule has 160 valence electrons. The third-order valence-electron chi connectivity index (χ3n) is 4.11. The van der Waals surface area contributed by atoms with Crippen LogP contribution in [0.5, 0.6) is 0 Å². The van der Waals surface area contributed by atoms with Gasteiger partial charge in [0.25, 0.3) is 0 Å². The highest BCUT2D eigenvalue weighted by atomic mass is 35.5. The third kappa shape index (κ3) is 8.17. The standard InChI is InChI=1S/C18H27ClN6O3S/c1-11(2)6-14(9-26)22-18-24-16(23-17(25-18)10-29(20,27)28)7-12(3)15-5-4-13(19)8-21-15/h4-5,8,11-12,14,26H,6-7,9-10H2,1-3H3,(H2,20,27,28)(H,22,23,24,25)/t12-,14-/m1/s1. The van der Waals surface area contributed by atoms with Gasteiger partial charge in [0.05, 0.1) is 17.7 Å². The van der Waals surface area contributed by atoms with Crippen LogP contribution in [0.25, 0.3) is 0 Å². The smallest absolute Gasteiger partial charge is 0.226 e. The molecule has 0 bridgehead atoms. The number of halogens is 1. The van der Waals surface area contributed by atoms with Gasteiger partial charge in [0.15, 0.2) is 5.82 Å². The number of aliphatic hydroxyl groups is 1. The molecule has 0 fully saturated rings. The fraction of sp³-hybridized carbons (Fsp3) is 0.556. The number of anilines is 1. The van der Waals surface area contributed by atoms with Crippen LogP contribution < -0.4 is 10.5 Å². The maximum atomic E-state index is 11.5. The SMILES string of the molecule is CC(C)C[C@H](CO)Nc1nc(C[C@@H](C)c2ccc(Cl)cn2)nc(CS(N)(=O)=O)n1. The average molecular weight is 443 g/mol. The molecule has 29 heavy (non-hydrogen) atoms. The summed E-state index contributed by atoms with van der Waals surface area (Å²) in [5.41, 5.74) is 0.811. The van der Waals surface area contributed by atoms with Crippen LogP contribution in [-0.4, -0.2) is 46.1 Å². The summed E-state index contributed by atoms with van der Waals surface area (Å²) in [6, 6.07) is 3.32. The normalized spacial score (nSPS) is 14.0. The molecule has 0 saturated heterocycles. The highest BCUT2D eigenvalue weighted by Crippen LogP contribution is 2.19. The van der Waals surface area contributed by atoms with Gasteiger partial charge < -0.3 is 10.4 Å². The molecule has 0 aliphatic carbocycles. The lowest BCUT2D eigenvalue weighted by Crippen LogP contribution is -2.28. The average Bonchev–Trinajstić information content (AvgIpc) is 2.59. The first-order valence-corrected chi connectivity index (χ1v) is 11.4. The van der Waals surface area contributed by atoms with E-state index in [2.05, 4.69) is 25.3 Å². The van der Waals surface area contributed by atoms with E-state index in [1.54, 1.807) is 12.3 Å². The Balaban J connectivity index is 2.29. The molecule has 9 nitrogen and oxygen atoms in total.